The Bertz CT molecular complexity index is 1060. The number of benzene rings is 2. The summed E-state index contributed by atoms with van der Waals surface area (Å²) < 4.78 is 30.0. The summed E-state index contributed by atoms with van der Waals surface area (Å²) in [5.74, 6) is 1.74. The van der Waals surface area contributed by atoms with Gasteiger partial charge in [-0.3, -0.25) is 0 Å². The van der Waals surface area contributed by atoms with Gasteiger partial charge in [0, 0.05) is 45.9 Å². The third-order valence-electron chi connectivity index (χ3n) is 8.37. The Balaban J connectivity index is 1.27. The number of aliphatic hydroxyl groups is 1. The largest absolute Gasteiger partial charge is 0.490 e. The van der Waals surface area contributed by atoms with Crippen LogP contribution in [-0.4, -0.2) is 83.1 Å². The summed E-state index contributed by atoms with van der Waals surface area (Å²) >= 11 is 0. The maximum Gasteiger partial charge on any atom is 0.142 e. The molecule has 0 amide bonds. The molecule has 2 aliphatic heterocycles. The number of fused-ring (bicyclic) bond motifs is 1. The average Bonchev–Trinajstić information content (AvgIpc) is 3.84. The number of hydrogen-bond acceptors (Lipinski definition) is 8. The van der Waals surface area contributed by atoms with Gasteiger partial charge in [-0.15, -0.1) is 0 Å². The standard InChI is InChI=1S/C33H48N2O6/c1-3-28(36)23-41-32-19-34-18-31(33(32)27-10-7-25(8-11-27)21-38-20-24-5-6-24)40-22-26-9-12-30-29(17-26)35(14-16-39-30)13-4-15-37-2/h7-12,17,24,28,31-34,36H,3-6,13-16,18-23H2,1-2H3/t28-,31+,32-,33?/m1/s1. The lowest BCUT2D eigenvalue weighted by atomic mass is 9.85. The molecule has 2 heterocycles. The summed E-state index contributed by atoms with van der Waals surface area (Å²) in [5.41, 5.74) is 4.63. The number of hydrogen-bond donors (Lipinski definition) is 2. The molecule has 0 bridgehead atoms. The minimum atomic E-state index is -0.465. The molecule has 1 saturated carbocycles. The van der Waals surface area contributed by atoms with Gasteiger partial charge < -0.3 is 39.0 Å². The van der Waals surface area contributed by atoms with Crippen molar-refractivity contribution in [2.24, 2.45) is 5.92 Å². The van der Waals surface area contributed by atoms with E-state index >= 15 is 0 Å². The second-order valence-corrected chi connectivity index (χ2v) is 11.7. The van der Waals surface area contributed by atoms with Crippen molar-refractivity contribution in [1.82, 2.24) is 5.32 Å². The first-order chi connectivity index (χ1) is 20.1. The van der Waals surface area contributed by atoms with E-state index in [1.165, 1.54) is 24.0 Å². The fourth-order valence-corrected chi connectivity index (χ4v) is 5.68. The number of aliphatic hydroxyl groups excluding tert-OH is 1. The van der Waals surface area contributed by atoms with E-state index in [0.717, 1.165) is 68.7 Å². The van der Waals surface area contributed by atoms with Gasteiger partial charge >= 0.3 is 0 Å². The summed E-state index contributed by atoms with van der Waals surface area (Å²) in [6.07, 6.45) is 3.62. The monoisotopic (exact) mass is 568 g/mol. The quantitative estimate of drug-likeness (QED) is 0.291. The molecule has 1 aliphatic carbocycles. The number of anilines is 1. The highest BCUT2D eigenvalue weighted by atomic mass is 16.5. The minimum Gasteiger partial charge on any atom is -0.490 e. The van der Waals surface area contributed by atoms with Gasteiger partial charge in [0.25, 0.3) is 0 Å². The zero-order valence-electron chi connectivity index (χ0n) is 24.8. The number of rotatable bonds is 16. The van der Waals surface area contributed by atoms with Gasteiger partial charge in [-0.25, -0.2) is 0 Å². The lowest BCUT2D eigenvalue weighted by Crippen LogP contribution is -2.51. The second-order valence-electron chi connectivity index (χ2n) is 11.7. The molecule has 41 heavy (non-hydrogen) atoms. The Hall–Kier alpha value is -2.20. The maximum atomic E-state index is 10.2. The van der Waals surface area contributed by atoms with Gasteiger partial charge in [-0.05, 0) is 60.4 Å². The van der Waals surface area contributed by atoms with Gasteiger partial charge in [-0.1, -0.05) is 37.3 Å². The van der Waals surface area contributed by atoms with Crippen molar-refractivity contribution in [3.05, 3.63) is 59.2 Å². The number of piperidine rings is 1. The van der Waals surface area contributed by atoms with Crippen molar-refractivity contribution >= 4 is 5.69 Å². The summed E-state index contributed by atoms with van der Waals surface area (Å²) in [5, 5.41) is 13.7. The van der Waals surface area contributed by atoms with Crippen molar-refractivity contribution in [1.29, 1.82) is 0 Å². The molecule has 8 nitrogen and oxygen atoms in total. The van der Waals surface area contributed by atoms with E-state index in [9.17, 15) is 5.11 Å². The molecule has 2 aromatic carbocycles. The first-order valence-electron chi connectivity index (χ1n) is 15.4. The van der Waals surface area contributed by atoms with Crippen LogP contribution in [0, 0.1) is 5.92 Å². The topological polar surface area (TPSA) is 81.7 Å². The van der Waals surface area contributed by atoms with Crippen molar-refractivity contribution in [2.75, 3.05) is 64.6 Å². The highest BCUT2D eigenvalue weighted by molar-refractivity contribution is 5.61. The van der Waals surface area contributed by atoms with Crippen LogP contribution in [0.2, 0.25) is 0 Å². The van der Waals surface area contributed by atoms with Crippen LogP contribution in [0.5, 0.6) is 5.75 Å². The van der Waals surface area contributed by atoms with Crippen molar-refractivity contribution in [3.8, 4) is 5.75 Å². The van der Waals surface area contributed by atoms with E-state index in [0.29, 0.717) is 32.8 Å². The fraction of sp³-hybridized carbons (Fsp3) is 0.636. The second kappa shape index (κ2) is 15.3. The number of methoxy groups -OCH3 is 1. The Morgan fingerprint density at radius 3 is 2.56 bits per heavy atom. The van der Waals surface area contributed by atoms with Gasteiger partial charge in [0.1, 0.15) is 12.4 Å². The van der Waals surface area contributed by atoms with Crippen molar-refractivity contribution in [3.63, 3.8) is 0 Å². The van der Waals surface area contributed by atoms with Crippen LogP contribution in [0.3, 0.4) is 0 Å². The number of nitrogens with one attached hydrogen (secondary N) is 1. The van der Waals surface area contributed by atoms with Crippen molar-refractivity contribution < 1.29 is 28.8 Å². The molecule has 2 N–H and O–H groups in total. The Morgan fingerprint density at radius 1 is 1.02 bits per heavy atom. The third-order valence-corrected chi connectivity index (χ3v) is 8.37. The van der Waals surface area contributed by atoms with Gasteiger partial charge in [0.15, 0.2) is 0 Å². The van der Waals surface area contributed by atoms with E-state index in [1.807, 2.05) is 6.92 Å². The Labute approximate surface area is 245 Å². The molecule has 1 saturated heterocycles. The molecular weight excluding hydrogens is 520 g/mol. The zero-order chi connectivity index (χ0) is 28.4. The summed E-state index contributed by atoms with van der Waals surface area (Å²) in [6.45, 7) is 9.03. The van der Waals surface area contributed by atoms with Gasteiger partial charge in [-0.2, -0.15) is 0 Å². The minimum absolute atomic E-state index is 0.0493. The van der Waals surface area contributed by atoms with Crippen LogP contribution in [0.25, 0.3) is 0 Å². The Kier molecular flexibility index (Phi) is 11.3. The summed E-state index contributed by atoms with van der Waals surface area (Å²) in [6, 6.07) is 15.1. The molecule has 8 heteroatoms. The molecule has 5 rings (SSSR count). The molecule has 226 valence electrons. The first kappa shape index (κ1) is 30.3. The third kappa shape index (κ3) is 8.66. The van der Waals surface area contributed by atoms with Crippen molar-refractivity contribution in [2.45, 2.75) is 70.1 Å². The van der Waals surface area contributed by atoms with E-state index < -0.39 is 6.10 Å². The molecule has 1 unspecified atom stereocenters. The highest BCUT2D eigenvalue weighted by Gasteiger charge is 2.36. The van der Waals surface area contributed by atoms with Crippen LogP contribution < -0.4 is 15.0 Å². The highest BCUT2D eigenvalue weighted by Crippen LogP contribution is 2.35. The average molecular weight is 569 g/mol. The summed E-state index contributed by atoms with van der Waals surface area (Å²) in [4.78, 5) is 2.38. The lowest BCUT2D eigenvalue weighted by Gasteiger charge is -2.39. The van der Waals surface area contributed by atoms with Gasteiger partial charge in [0.05, 0.1) is 50.4 Å². The molecule has 3 aliphatic rings. The lowest BCUT2D eigenvalue weighted by molar-refractivity contribution is -0.0777. The Morgan fingerprint density at radius 2 is 1.80 bits per heavy atom. The van der Waals surface area contributed by atoms with E-state index in [4.69, 9.17) is 23.7 Å². The predicted octanol–water partition coefficient (Wildman–Crippen LogP) is 4.28. The molecular formula is C33H48N2O6. The SMILES string of the molecule is CC[C@@H](O)CO[C@@H]1CNC[C@H](OCc2ccc3c(c2)N(CCCOC)CCO3)C1c1ccc(COCC2CC2)cc1. The normalized spacial score (nSPS) is 23.2. The molecule has 0 spiro atoms. The zero-order valence-corrected chi connectivity index (χ0v) is 24.8. The fourth-order valence-electron chi connectivity index (χ4n) is 5.68. The maximum absolute atomic E-state index is 10.2. The predicted molar refractivity (Wildman–Crippen MR) is 160 cm³/mol. The first-order valence-corrected chi connectivity index (χ1v) is 15.4. The smallest absolute Gasteiger partial charge is 0.142 e. The number of ether oxygens (including phenoxy) is 5. The molecule has 4 atom stereocenters. The van der Waals surface area contributed by atoms with Crippen LogP contribution in [0.15, 0.2) is 42.5 Å². The van der Waals surface area contributed by atoms with Gasteiger partial charge in [0.2, 0.25) is 0 Å². The van der Waals surface area contributed by atoms with Crippen LogP contribution >= 0.6 is 0 Å². The number of nitrogens with zero attached hydrogens (tertiary/aromatic N) is 1. The molecule has 2 aromatic rings. The van der Waals surface area contributed by atoms with E-state index in [2.05, 4.69) is 52.7 Å². The van der Waals surface area contributed by atoms with Crippen LogP contribution in [-0.2, 0) is 32.2 Å². The van der Waals surface area contributed by atoms with E-state index in [-0.39, 0.29) is 18.1 Å². The van der Waals surface area contributed by atoms with E-state index in [1.54, 1.807) is 7.11 Å². The molecule has 0 aromatic heterocycles. The molecule has 0 radical (unpaired) electrons. The molecule has 2 fully saturated rings. The van der Waals surface area contributed by atoms with Crippen LogP contribution in [0.1, 0.15) is 55.2 Å². The summed E-state index contributed by atoms with van der Waals surface area (Å²) in [7, 11) is 1.75. The van der Waals surface area contributed by atoms with Crippen LogP contribution in [0.4, 0.5) is 5.69 Å².